The molecule has 0 radical (unpaired) electrons. The third kappa shape index (κ3) is 3.33. The molecule has 0 unspecified atom stereocenters. The van der Waals surface area contributed by atoms with Gasteiger partial charge in [-0.05, 0) is 39.0 Å². The van der Waals surface area contributed by atoms with Crippen molar-refractivity contribution in [2.45, 2.75) is 33.0 Å². The van der Waals surface area contributed by atoms with Crippen molar-refractivity contribution in [3.05, 3.63) is 54.1 Å². The van der Waals surface area contributed by atoms with Crippen LogP contribution in [-0.2, 0) is 4.79 Å². The van der Waals surface area contributed by atoms with Gasteiger partial charge in [-0.1, -0.05) is 12.1 Å². The van der Waals surface area contributed by atoms with Crippen LogP contribution in [0.3, 0.4) is 0 Å². The van der Waals surface area contributed by atoms with Gasteiger partial charge in [0.1, 0.15) is 18.2 Å². The Hall–Kier alpha value is -3.42. The molecule has 1 aliphatic heterocycles. The Morgan fingerprint density at radius 1 is 1.11 bits per heavy atom. The van der Waals surface area contributed by atoms with Crippen LogP contribution in [0.15, 0.2) is 42.7 Å². The van der Waals surface area contributed by atoms with Crippen LogP contribution in [0.1, 0.15) is 18.3 Å². The van der Waals surface area contributed by atoms with Crippen LogP contribution in [0, 0.1) is 13.8 Å². The van der Waals surface area contributed by atoms with Gasteiger partial charge in [-0.15, -0.1) is 0 Å². The number of rotatable bonds is 3. The lowest BCUT2D eigenvalue weighted by Crippen LogP contribution is -2.46. The first-order valence-corrected chi connectivity index (χ1v) is 8.60. The summed E-state index contributed by atoms with van der Waals surface area (Å²) < 4.78 is 13.3. The number of anilines is 1. The first-order chi connectivity index (χ1) is 13.0. The maximum atomic E-state index is 12.7. The summed E-state index contributed by atoms with van der Waals surface area (Å²) in [5.74, 6) is 1.78. The molecule has 0 spiro atoms. The van der Waals surface area contributed by atoms with Crippen molar-refractivity contribution in [2.75, 3.05) is 5.32 Å². The number of carbonyl (C=O) groups is 1. The molecule has 2 atom stereocenters. The lowest BCUT2D eigenvalue weighted by atomic mass is 10.1. The van der Waals surface area contributed by atoms with E-state index in [1.807, 2.05) is 38.1 Å². The largest absolute Gasteiger partial charge is 0.482 e. The van der Waals surface area contributed by atoms with Gasteiger partial charge in [-0.2, -0.15) is 5.10 Å². The number of amides is 1. The Labute approximate surface area is 156 Å². The van der Waals surface area contributed by atoms with E-state index in [-0.39, 0.29) is 5.91 Å². The average Bonchev–Trinajstić information content (AvgIpc) is 2.99. The summed E-state index contributed by atoms with van der Waals surface area (Å²) in [6.45, 7) is 5.64. The Kier molecular flexibility index (Phi) is 4.23. The molecule has 4 rings (SSSR count). The predicted octanol–water partition coefficient (Wildman–Crippen LogP) is 2.45. The number of carbonyl (C=O) groups excluding carboxylic acids is 1. The molecule has 0 aliphatic carbocycles. The minimum atomic E-state index is -0.785. The summed E-state index contributed by atoms with van der Waals surface area (Å²) in [6, 6.07) is 10.9. The van der Waals surface area contributed by atoms with Gasteiger partial charge in [0, 0.05) is 11.8 Å². The summed E-state index contributed by atoms with van der Waals surface area (Å²) in [7, 11) is 0. The van der Waals surface area contributed by atoms with Gasteiger partial charge in [0.2, 0.25) is 6.10 Å². The highest BCUT2D eigenvalue weighted by molar-refractivity contribution is 5.94. The maximum absolute atomic E-state index is 12.7. The molecule has 1 amide bonds. The SMILES string of the molecule is Cc1cc(C)n(-c2cc(NC(=O)[C@@H]3Oc4ccccc4O[C@H]3C)ncn2)n1. The lowest BCUT2D eigenvalue weighted by Gasteiger charge is -2.30. The van der Waals surface area contributed by atoms with Gasteiger partial charge in [0.25, 0.3) is 5.91 Å². The zero-order chi connectivity index (χ0) is 19.0. The summed E-state index contributed by atoms with van der Waals surface area (Å²) in [5, 5.41) is 7.17. The van der Waals surface area contributed by atoms with E-state index in [9.17, 15) is 4.79 Å². The zero-order valence-corrected chi connectivity index (χ0v) is 15.2. The molecule has 138 valence electrons. The number of para-hydroxylation sites is 2. The van der Waals surface area contributed by atoms with Crippen LogP contribution in [-0.4, -0.2) is 37.9 Å². The second-order valence-corrected chi connectivity index (χ2v) is 6.40. The summed E-state index contributed by atoms with van der Waals surface area (Å²) in [4.78, 5) is 21.1. The topological polar surface area (TPSA) is 91.2 Å². The molecule has 3 aromatic rings. The number of nitrogens with zero attached hydrogens (tertiary/aromatic N) is 4. The predicted molar refractivity (Wildman–Crippen MR) is 98.2 cm³/mol. The number of hydrogen-bond donors (Lipinski definition) is 1. The molecule has 8 nitrogen and oxygen atoms in total. The molecule has 27 heavy (non-hydrogen) atoms. The van der Waals surface area contributed by atoms with E-state index >= 15 is 0 Å². The van der Waals surface area contributed by atoms with Gasteiger partial charge in [-0.3, -0.25) is 4.79 Å². The van der Waals surface area contributed by atoms with Crippen molar-refractivity contribution >= 4 is 11.7 Å². The first-order valence-electron chi connectivity index (χ1n) is 8.60. The molecule has 1 N–H and O–H groups in total. The molecule has 2 aromatic heterocycles. The van der Waals surface area contributed by atoms with Crippen LogP contribution in [0.5, 0.6) is 11.5 Å². The van der Waals surface area contributed by atoms with E-state index < -0.39 is 12.2 Å². The minimum absolute atomic E-state index is 0.338. The molecule has 0 saturated carbocycles. The molecule has 0 fully saturated rings. The van der Waals surface area contributed by atoms with E-state index in [4.69, 9.17) is 9.47 Å². The molecule has 8 heteroatoms. The number of ether oxygens (including phenoxy) is 2. The number of hydrogen-bond acceptors (Lipinski definition) is 6. The average molecular weight is 365 g/mol. The minimum Gasteiger partial charge on any atom is -0.482 e. The molecule has 1 aliphatic rings. The summed E-state index contributed by atoms with van der Waals surface area (Å²) in [6.07, 6.45) is 0.169. The fraction of sp³-hybridized carbons (Fsp3) is 0.263. The number of benzene rings is 1. The van der Waals surface area contributed by atoms with Crippen LogP contribution < -0.4 is 14.8 Å². The summed E-state index contributed by atoms with van der Waals surface area (Å²) >= 11 is 0. The molecular weight excluding hydrogens is 346 g/mol. The second-order valence-electron chi connectivity index (χ2n) is 6.40. The van der Waals surface area contributed by atoms with Crippen LogP contribution >= 0.6 is 0 Å². The number of aromatic nitrogens is 4. The van der Waals surface area contributed by atoms with Gasteiger partial charge >= 0.3 is 0 Å². The Morgan fingerprint density at radius 3 is 2.56 bits per heavy atom. The fourth-order valence-electron chi connectivity index (χ4n) is 3.00. The molecule has 0 saturated heterocycles. The van der Waals surface area contributed by atoms with E-state index in [2.05, 4.69) is 20.4 Å². The molecule has 3 heterocycles. The quantitative estimate of drug-likeness (QED) is 0.767. The highest BCUT2D eigenvalue weighted by atomic mass is 16.6. The normalized spacial score (nSPS) is 18.2. The molecule has 0 bridgehead atoms. The monoisotopic (exact) mass is 365 g/mol. The van der Waals surface area contributed by atoms with Crippen molar-refractivity contribution in [3.8, 4) is 17.3 Å². The number of aryl methyl sites for hydroxylation is 2. The summed E-state index contributed by atoms with van der Waals surface area (Å²) in [5.41, 5.74) is 1.83. The smallest absolute Gasteiger partial charge is 0.270 e. The van der Waals surface area contributed by atoms with Crippen molar-refractivity contribution in [1.29, 1.82) is 0 Å². The van der Waals surface area contributed by atoms with Gasteiger partial charge in [0.05, 0.1) is 5.69 Å². The van der Waals surface area contributed by atoms with Crippen LogP contribution in [0.4, 0.5) is 5.82 Å². The third-order valence-corrected chi connectivity index (χ3v) is 4.23. The molecular formula is C19H19N5O3. The fourth-order valence-corrected chi connectivity index (χ4v) is 3.00. The lowest BCUT2D eigenvalue weighted by molar-refractivity contribution is -0.128. The Bertz CT molecular complexity index is 1000. The van der Waals surface area contributed by atoms with E-state index in [1.54, 1.807) is 23.7 Å². The van der Waals surface area contributed by atoms with Crippen LogP contribution in [0.2, 0.25) is 0 Å². The van der Waals surface area contributed by atoms with Gasteiger partial charge < -0.3 is 14.8 Å². The zero-order valence-electron chi connectivity index (χ0n) is 15.2. The third-order valence-electron chi connectivity index (χ3n) is 4.23. The molecule has 1 aromatic carbocycles. The van der Waals surface area contributed by atoms with E-state index in [1.165, 1.54) is 6.33 Å². The van der Waals surface area contributed by atoms with Crippen molar-refractivity contribution in [2.24, 2.45) is 0 Å². The maximum Gasteiger partial charge on any atom is 0.270 e. The van der Waals surface area contributed by atoms with Gasteiger partial charge in [-0.25, -0.2) is 14.6 Å². The Balaban J connectivity index is 1.53. The van der Waals surface area contributed by atoms with E-state index in [0.29, 0.717) is 23.1 Å². The number of fused-ring (bicyclic) bond motifs is 1. The van der Waals surface area contributed by atoms with Crippen LogP contribution in [0.25, 0.3) is 5.82 Å². The van der Waals surface area contributed by atoms with Crippen molar-refractivity contribution < 1.29 is 14.3 Å². The van der Waals surface area contributed by atoms with Crippen molar-refractivity contribution in [3.63, 3.8) is 0 Å². The number of nitrogens with one attached hydrogen (secondary N) is 1. The first kappa shape index (κ1) is 17.0. The Morgan fingerprint density at radius 2 is 1.85 bits per heavy atom. The van der Waals surface area contributed by atoms with Gasteiger partial charge in [0.15, 0.2) is 17.3 Å². The van der Waals surface area contributed by atoms with Crippen molar-refractivity contribution in [1.82, 2.24) is 19.7 Å². The highest BCUT2D eigenvalue weighted by Gasteiger charge is 2.34. The highest BCUT2D eigenvalue weighted by Crippen LogP contribution is 2.33. The standard InChI is InChI=1S/C19H19N5O3/c1-11-8-12(2)24(23-11)17-9-16(20-10-21-17)22-19(25)18-13(3)26-14-6-4-5-7-15(14)27-18/h4-10,13,18H,1-3H3,(H,20,21,22,25)/t13-,18+/m0/s1. The second kappa shape index (κ2) is 6.71. The van der Waals surface area contributed by atoms with E-state index in [0.717, 1.165) is 11.4 Å².